The fourth-order valence-corrected chi connectivity index (χ4v) is 4.55. The van der Waals surface area contributed by atoms with Gasteiger partial charge in [0.15, 0.2) is 6.04 Å². The smallest absolute Gasteiger partial charge is 0.336 e. The molecule has 0 fully saturated rings. The van der Waals surface area contributed by atoms with Gasteiger partial charge in [-0.1, -0.05) is 129 Å². The van der Waals surface area contributed by atoms with Gasteiger partial charge in [0.1, 0.15) is 0 Å². The highest BCUT2D eigenvalue weighted by Crippen LogP contribution is 2.15. The Morgan fingerprint density at radius 1 is 0.639 bits per heavy atom. The van der Waals surface area contributed by atoms with Crippen molar-refractivity contribution in [1.82, 2.24) is 5.32 Å². The first kappa shape index (κ1) is 32.2. The number of carbonyl (C=O) groups is 2. The zero-order valence-electron chi connectivity index (χ0n) is 23.5. The molecule has 1 unspecified atom stereocenters. The third-order valence-electron chi connectivity index (χ3n) is 6.89. The number of hydrogen-bond donors (Lipinski definition) is 1. The number of dihydropyridines is 1. The highest BCUT2D eigenvalue weighted by Gasteiger charge is 2.30. The van der Waals surface area contributed by atoms with E-state index in [2.05, 4.69) is 19.2 Å². The third-order valence-corrected chi connectivity index (χ3v) is 6.89. The lowest BCUT2D eigenvalue weighted by Crippen LogP contribution is -2.41. The first-order valence-electron chi connectivity index (χ1n) is 15.2. The molecule has 1 aliphatic rings. The fraction of sp³-hybridized carbons (Fsp3) is 0.806. The molecular formula is C31H55NO4. The molecule has 0 spiro atoms. The van der Waals surface area contributed by atoms with Crippen LogP contribution in [0.4, 0.5) is 0 Å². The van der Waals surface area contributed by atoms with Crippen molar-refractivity contribution in [3.8, 4) is 0 Å². The highest BCUT2D eigenvalue weighted by atomic mass is 16.5. The van der Waals surface area contributed by atoms with Gasteiger partial charge < -0.3 is 14.8 Å². The fourth-order valence-electron chi connectivity index (χ4n) is 4.55. The molecule has 0 aromatic rings. The second-order valence-corrected chi connectivity index (χ2v) is 10.2. The lowest BCUT2D eigenvalue weighted by Gasteiger charge is -2.21. The normalized spacial score (nSPS) is 14.8. The van der Waals surface area contributed by atoms with Crippen molar-refractivity contribution in [2.24, 2.45) is 0 Å². The van der Waals surface area contributed by atoms with Crippen LogP contribution < -0.4 is 5.32 Å². The van der Waals surface area contributed by atoms with Crippen LogP contribution >= 0.6 is 0 Å². The molecule has 5 nitrogen and oxygen atoms in total. The quantitative estimate of drug-likeness (QED) is 0.105. The van der Waals surface area contributed by atoms with Crippen molar-refractivity contribution in [1.29, 1.82) is 0 Å². The summed E-state index contributed by atoms with van der Waals surface area (Å²) in [7, 11) is 0. The monoisotopic (exact) mass is 505 g/mol. The summed E-state index contributed by atoms with van der Waals surface area (Å²) in [5.74, 6) is -0.832. The molecule has 1 heterocycles. The molecule has 1 aliphatic heterocycles. The van der Waals surface area contributed by atoms with E-state index in [1.54, 1.807) is 18.4 Å². The van der Waals surface area contributed by atoms with Crippen LogP contribution in [0.5, 0.6) is 0 Å². The van der Waals surface area contributed by atoms with Crippen molar-refractivity contribution in [2.75, 3.05) is 13.2 Å². The Kier molecular flexibility index (Phi) is 21.1. The second-order valence-electron chi connectivity index (χ2n) is 10.2. The van der Waals surface area contributed by atoms with Crippen LogP contribution in [0.15, 0.2) is 23.9 Å². The van der Waals surface area contributed by atoms with Crippen molar-refractivity contribution in [3.05, 3.63) is 23.9 Å². The molecular weight excluding hydrogens is 450 g/mol. The summed E-state index contributed by atoms with van der Waals surface area (Å²) >= 11 is 0. The third kappa shape index (κ3) is 16.8. The minimum atomic E-state index is -0.779. The van der Waals surface area contributed by atoms with Crippen molar-refractivity contribution >= 4 is 11.9 Å². The molecule has 36 heavy (non-hydrogen) atoms. The second kappa shape index (κ2) is 23.6. The predicted octanol–water partition coefficient (Wildman–Crippen LogP) is 8.33. The van der Waals surface area contributed by atoms with Crippen LogP contribution in [0.2, 0.25) is 0 Å². The van der Waals surface area contributed by atoms with Gasteiger partial charge >= 0.3 is 11.9 Å². The van der Waals surface area contributed by atoms with Crippen molar-refractivity contribution in [2.45, 2.75) is 148 Å². The standard InChI is InChI=1S/C31H55NO4/c1-3-5-7-9-11-13-15-17-19-21-26-35-30(33)28-24-23-25-32-29(28)31(34)36-27-22-20-18-16-14-12-10-8-6-4-2/h23-25,29,32H,3-22,26-27H2,1-2H3. The molecule has 5 heteroatoms. The molecule has 208 valence electrons. The van der Waals surface area contributed by atoms with E-state index in [0.717, 1.165) is 25.7 Å². The summed E-state index contributed by atoms with van der Waals surface area (Å²) in [5.41, 5.74) is 0.331. The summed E-state index contributed by atoms with van der Waals surface area (Å²) in [6.45, 7) is 5.29. The van der Waals surface area contributed by atoms with Gasteiger partial charge in [-0.25, -0.2) is 9.59 Å². The zero-order chi connectivity index (χ0) is 26.1. The van der Waals surface area contributed by atoms with Crippen LogP contribution in [-0.2, 0) is 19.1 Å². The summed E-state index contributed by atoms with van der Waals surface area (Å²) in [4.78, 5) is 25.1. The molecule has 1 atom stereocenters. The molecule has 0 saturated heterocycles. The summed E-state index contributed by atoms with van der Waals surface area (Å²) < 4.78 is 10.9. The van der Waals surface area contributed by atoms with Gasteiger partial charge in [0.2, 0.25) is 0 Å². The van der Waals surface area contributed by atoms with Crippen molar-refractivity contribution in [3.63, 3.8) is 0 Å². The number of unbranched alkanes of at least 4 members (excludes halogenated alkanes) is 18. The Bertz CT molecular complexity index is 614. The van der Waals surface area contributed by atoms with E-state index in [-0.39, 0.29) is 0 Å². The van der Waals surface area contributed by atoms with E-state index in [1.165, 1.54) is 103 Å². The van der Waals surface area contributed by atoms with Gasteiger partial charge in [0.25, 0.3) is 0 Å². The van der Waals surface area contributed by atoms with E-state index in [0.29, 0.717) is 18.8 Å². The molecule has 0 radical (unpaired) electrons. The molecule has 0 aliphatic carbocycles. The molecule has 0 aromatic heterocycles. The van der Waals surface area contributed by atoms with E-state index < -0.39 is 18.0 Å². The van der Waals surface area contributed by atoms with Crippen LogP contribution in [0.1, 0.15) is 142 Å². The van der Waals surface area contributed by atoms with Crippen LogP contribution in [0.25, 0.3) is 0 Å². The van der Waals surface area contributed by atoms with E-state index in [1.807, 2.05) is 0 Å². The molecule has 0 amide bonds. The molecule has 1 rings (SSSR count). The average molecular weight is 506 g/mol. The van der Waals surface area contributed by atoms with Crippen LogP contribution in [0.3, 0.4) is 0 Å². The zero-order valence-corrected chi connectivity index (χ0v) is 23.5. The number of nitrogens with one attached hydrogen (secondary N) is 1. The van der Waals surface area contributed by atoms with Gasteiger partial charge in [-0.15, -0.1) is 0 Å². The number of esters is 2. The summed E-state index contributed by atoms with van der Waals surface area (Å²) in [6, 6.07) is -0.779. The topological polar surface area (TPSA) is 64.6 Å². The Balaban J connectivity index is 2.10. The first-order valence-corrected chi connectivity index (χ1v) is 15.2. The average Bonchev–Trinajstić information content (AvgIpc) is 2.90. The molecule has 0 bridgehead atoms. The van der Waals surface area contributed by atoms with Gasteiger partial charge in [-0.05, 0) is 31.2 Å². The van der Waals surface area contributed by atoms with Gasteiger partial charge in [-0.2, -0.15) is 0 Å². The minimum Gasteiger partial charge on any atom is -0.464 e. The van der Waals surface area contributed by atoms with Crippen LogP contribution in [-0.4, -0.2) is 31.2 Å². The van der Waals surface area contributed by atoms with Crippen molar-refractivity contribution < 1.29 is 19.1 Å². The Morgan fingerprint density at radius 2 is 1.06 bits per heavy atom. The van der Waals surface area contributed by atoms with Gasteiger partial charge in [0, 0.05) is 0 Å². The number of carbonyl (C=O) groups excluding carboxylic acids is 2. The Hall–Kier alpha value is -1.78. The maximum atomic E-state index is 12.6. The lowest BCUT2D eigenvalue weighted by atomic mass is 10.0. The Labute approximate surface area is 221 Å². The SMILES string of the molecule is CCCCCCCCCCCCOC(=O)C1=CC=CNC1C(=O)OCCCCCCCCCCCC. The number of ether oxygens (including phenoxy) is 2. The molecule has 1 N–H and O–H groups in total. The first-order chi connectivity index (χ1) is 17.7. The maximum Gasteiger partial charge on any atom is 0.336 e. The maximum absolute atomic E-state index is 12.6. The number of rotatable bonds is 24. The van der Waals surface area contributed by atoms with E-state index in [9.17, 15) is 9.59 Å². The number of allylic oxidation sites excluding steroid dienone is 2. The highest BCUT2D eigenvalue weighted by molar-refractivity contribution is 5.98. The number of hydrogen-bond acceptors (Lipinski definition) is 5. The Morgan fingerprint density at radius 3 is 1.53 bits per heavy atom. The van der Waals surface area contributed by atoms with Gasteiger partial charge in [-0.3, -0.25) is 0 Å². The summed E-state index contributed by atoms with van der Waals surface area (Å²) in [5, 5.41) is 2.96. The minimum absolute atomic E-state index is 0.331. The van der Waals surface area contributed by atoms with E-state index in [4.69, 9.17) is 9.47 Å². The van der Waals surface area contributed by atoms with Gasteiger partial charge in [0.05, 0.1) is 18.8 Å². The van der Waals surface area contributed by atoms with E-state index >= 15 is 0 Å². The lowest BCUT2D eigenvalue weighted by molar-refractivity contribution is -0.148. The molecule has 0 aromatic carbocycles. The largest absolute Gasteiger partial charge is 0.464 e. The molecule has 0 saturated carbocycles. The van der Waals surface area contributed by atoms with Crippen LogP contribution in [0, 0.1) is 0 Å². The summed E-state index contributed by atoms with van der Waals surface area (Å²) in [6.07, 6.45) is 29.8. The predicted molar refractivity (Wildman–Crippen MR) is 150 cm³/mol.